The maximum atomic E-state index is 11.9. The maximum absolute atomic E-state index is 11.9. The molecule has 0 saturated heterocycles. The fourth-order valence-corrected chi connectivity index (χ4v) is 2.47. The molecule has 0 saturated carbocycles. The molecule has 132 valence electrons. The predicted octanol–water partition coefficient (Wildman–Crippen LogP) is 4.77. The number of ether oxygens (including phenoxy) is 2. The van der Waals surface area contributed by atoms with Crippen molar-refractivity contribution in [3.8, 4) is 0 Å². The summed E-state index contributed by atoms with van der Waals surface area (Å²) in [7, 11) is 0. The van der Waals surface area contributed by atoms with Gasteiger partial charge in [0.05, 0.1) is 0 Å². The molecule has 2 atom stereocenters. The van der Waals surface area contributed by atoms with Gasteiger partial charge < -0.3 is 9.47 Å². The molecule has 4 nitrogen and oxygen atoms in total. The zero-order valence-electron chi connectivity index (χ0n) is 14.7. The van der Waals surface area contributed by atoms with Crippen molar-refractivity contribution in [2.45, 2.75) is 45.3 Å². The Morgan fingerprint density at radius 3 is 1.44 bits per heavy atom. The van der Waals surface area contributed by atoms with Crippen LogP contribution in [-0.4, -0.2) is 11.9 Å². The van der Waals surface area contributed by atoms with Gasteiger partial charge in [-0.3, -0.25) is 9.59 Å². The van der Waals surface area contributed by atoms with Crippen molar-refractivity contribution in [1.29, 1.82) is 0 Å². The Hall–Kier alpha value is -2.62. The highest BCUT2D eigenvalue weighted by Crippen LogP contribution is 2.19. The maximum Gasteiger partial charge on any atom is 0.306 e. The molecule has 2 aromatic carbocycles. The minimum atomic E-state index is -0.305. The molecule has 0 aliphatic heterocycles. The van der Waals surface area contributed by atoms with Crippen LogP contribution in [0, 0.1) is 0 Å². The van der Waals surface area contributed by atoms with Crippen LogP contribution in [0.3, 0.4) is 0 Å². The van der Waals surface area contributed by atoms with Gasteiger partial charge in [0.15, 0.2) is 0 Å². The Bertz CT molecular complexity index is 607. The van der Waals surface area contributed by atoms with Gasteiger partial charge >= 0.3 is 11.9 Å². The first kappa shape index (κ1) is 18.7. The van der Waals surface area contributed by atoms with Crippen molar-refractivity contribution >= 4 is 11.9 Å². The van der Waals surface area contributed by atoms with E-state index >= 15 is 0 Å². The summed E-state index contributed by atoms with van der Waals surface area (Å²) in [4.78, 5) is 23.8. The average molecular weight is 340 g/mol. The van der Waals surface area contributed by atoms with Crippen LogP contribution in [0.15, 0.2) is 60.7 Å². The number of hydrogen-bond acceptors (Lipinski definition) is 4. The van der Waals surface area contributed by atoms with Crippen LogP contribution >= 0.6 is 0 Å². The second-order valence-electron chi connectivity index (χ2n) is 5.94. The number of hydrogen-bond donors (Lipinski definition) is 0. The molecule has 2 rings (SSSR count). The van der Waals surface area contributed by atoms with Gasteiger partial charge in [-0.15, -0.1) is 0 Å². The zero-order valence-corrected chi connectivity index (χ0v) is 14.7. The van der Waals surface area contributed by atoms with Gasteiger partial charge in [0.1, 0.15) is 12.2 Å². The molecular formula is C21H24O4. The highest BCUT2D eigenvalue weighted by molar-refractivity contribution is 5.72. The van der Waals surface area contributed by atoms with Gasteiger partial charge in [0, 0.05) is 12.8 Å². The van der Waals surface area contributed by atoms with Gasteiger partial charge in [-0.05, 0) is 31.4 Å². The molecule has 0 radical (unpaired) electrons. The van der Waals surface area contributed by atoms with E-state index < -0.39 is 0 Å². The molecule has 0 bridgehead atoms. The van der Waals surface area contributed by atoms with E-state index in [1.165, 1.54) is 0 Å². The van der Waals surface area contributed by atoms with E-state index in [1.54, 1.807) is 0 Å². The van der Waals surface area contributed by atoms with E-state index in [0.717, 1.165) is 11.1 Å². The van der Waals surface area contributed by atoms with Gasteiger partial charge in [-0.2, -0.15) is 0 Å². The lowest BCUT2D eigenvalue weighted by Crippen LogP contribution is -2.11. The molecule has 0 aliphatic rings. The molecule has 0 aromatic heterocycles. The number of benzene rings is 2. The van der Waals surface area contributed by atoms with Crippen LogP contribution < -0.4 is 0 Å². The standard InChI is InChI=1S/C21H24O4/c1-16(18-10-5-3-6-11-18)24-20(22)14-9-15-21(23)25-17(2)19-12-7-4-8-13-19/h3-8,10-13,16-17H,9,14-15H2,1-2H3. The Kier molecular flexibility index (Phi) is 7.20. The van der Waals surface area contributed by atoms with Crippen molar-refractivity contribution < 1.29 is 19.1 Å². The van der Waals surface area contributed by atoms with Gasteiger partial charge in [0.2, 0.25) is 0 Å². The Morgan fingerprint density at radius 2 is 1.08 bits per heavy atom. The van der Waals surface area contributed by atoms with E-state index in [0.29, 0.717) is 6.42 Å². The Balaban J connectivity index is 1.67. The fourth-order valence-electron chi connectivity index (χ4n) is 2.47. The van der Waals surface area contributed by atoms with Crippen LogP contribution in [-0.2, 0) is 19.1 Å². The molecule has 0 fully saturated rings. The summed E-state index contributed by atoms with van der Waals surface area (Å²) in [6, 6.07) is 19.1. The lowest BCUT2D eigenvalue weighted by molar-refractivity contribution is -0.150. The van der Waals surface area contributed by atoms with Crippen molar-refractivity contribution in [2.75, 3.05) is 0 Å². The molecule has 2 aromatic rings. The lowest BCUT2D eigenvalue weighted by atomic mass is 10.1. The molecule has 2 unspecified atom stereocenters. The molecule has 0 N–H and O–H groups in total. The summed E-state index contributed by atoms with van der Waals surface area (Å²) < 4.78 is 10.8. The molecule has 4 heteroatoms. The molecule has 0 amide bonds. The van der Waals surface area contributed by atoms with Gasteiger partial charge in [-0.1, -0.05) is 60.7 Å². The van der Waals surface area contributed by atoms with Crippen LogP contribution in [0.5, 0.6) is 0 Å². The van der Waals surface area contributed by atoms with E-state index in [1.807, 2.05) is 74.5 Å². The van der Waals surface area contributed by atoms with Crippen LogP contribution in [0.2, 0.25) is 0 Å². The minimum Gasteiger partial charge on any atom is -0.458 e. The Morgan fingerprint density at radius 1 is 0.720 bits per heavy atom. The van der Waals surface area contributed by atoms with Gasteiger partial charge in [0.25, 0.3) is 0 Å². The third kappa shape index (κ3) is 6.42. The largest absolute Gasteiger partial charge is 0.458 e. The molecule has 25 heavy (non-hydrogen) atoms. The lowest BCUT2D eigenvalue weighted by Gasteiger charge is -2.14. The topological polar surface area (TPSA) is 52.6 Å². The molecule has 0 heterocycles. The van der Waals surface area contributed by atoms with E-state index in [4.69, 9.17) is 9.47 Å². The van der Waals surface area contributed by atoms with E-state index in [2.05, 4.69) is 0 Å². The predicted molar refractivity (Wildman–Crippen MR) is 95.7 cm³/mol. The summed E-state index contributed by atoms with van der Waals surface area (Å²) in [5.41, 5.74) is 1.90. The summed E-state index contributed by atoms with van der Waals surface area (Å²) >= 11 is 0. The van der Waals surface area contributed by atoms with Crippen LogP contribution in [0.1, 0.15) is 56.4 Å². The molecule has 0 aliphatic carbocycles. The van der Waals surface area contributed by atoms with Gasteiger partial charge in [-0.25, -0.2) is 0 Å². The average Bonchev–Trinajstić information content (AvgIpc) is 2.63. The zero-order chi connectivity index (χ0) is 18.1. The third-order valence-electron chi connectivity index (χ3n) is 3.92. The molecule has 0 spiro atoms. The van der Waals surface area contributed by atoms with E-state index in [9.17, 15) is 9.59 Å². The smallest absolute Gasteiger partial charge is 0.306 e. The number of esters is 2. The summed E-state index contributed by atoms with van der Waals surface area (Å²) in [5, 5.41) is 0. The second kappa shape index (κ2) is 9.62. The normalized spacial score (nSPS) is 12.9. The highest BCUT2D eigenvalue weighted by atomic mass is 16.5. The highest BCUT2D eigenvalue weighted by Gasteiger charge is 2.14. The summed E-state index contributed by atoms with van der Waals surface area (Å²) in [6.07, 6.45) is 0.232. The van der Waals surface area contributed by atoms with E-state index in [-0.39, 0.29) is 37.0 Å². The van der Waals surface area contributed by atoms with Crippen LogP contribution in [0.4, 0.5) is 0 Å². The number of carbonyl (C=O) groups is 2. The number of carbonyl (C=O) groups excluding carboxylic acids is 2. The first-order valence-electron chi connectivity index (χ1n) is 8.55. The Labute approximate surface area is 148 Å². The second-order valence-corrected chi connectivity index (χ2v) is 5.94. The van der Waals surface area contributed by atoms with Crippen LogP contribution in [0.25, 0.3) is 0 Å². The van der Waals surface area contributed by atoms with Crippen molar-refractivity contribution in [2.24, 2.45) is 0 Å². The van der Waals surface area contributed by atoms with Crippen molar-refractivity contribution in [3.05, 3.63) is 71.8 Å². The summed E-state index contributed by atoms with van der Waals surface area (Å²) in [5.74, 6) is -0.611. The number of rotatable bonds is 8. The molecular weight excluding hydrogens is 316 g/mol. The quantitative estimate of drug-likeness (QED) is 0.650. The summed E-state index contributed by atoms with van der Waals surface area (Å²) in [6.45, 7) is 3.67. The minimum absolute atomic E-state index is 0.200. The third-order valence-corrected chi connectivity index (χ3v) is 3.92. The first-order valence-corrected chi connectivity index (χ1v) is 8.55. The van der Waals surface area contributed by atoms with Crippen molar-refractivity contribution in [1.82, 2.24) is 0 Å². The SMILES string of the molecule is CC(OC(=O)CCCC(=O)OC(C)c1ccccc1)c1ccccc1. The first-order chi connectivity index (χ1) is 12.1. The van der Waals surface area contributed by atoms with Crippen molar-refractivity contribution in [3.63, 3.8) is 0 Å². The fraction of sp³-hybridized carbons (Fsp3) is 0.333. The monoisotopic (exact) mass is 340 g/mol.